The van der Waals surface area contributed by atoms with Crippen LogP contribution in [0.2, 0.25) is 19.1 Å². The first kappa shape index (κ1) is 8.64. The molecule has 0 aromatic carbocycles. The van der Waals surface area contributed by atoms with Gasteiger partial charge in [0.1, 0.15) is 0 Å². The van der Waals surface area contributed by atoms with E-state index in [1.807, 2.05) is 6.07 Å². The highest BCUT2D eigenvalue weighted by Crippen LogP contribution is 2.16. The lowest BCUT2D eigenvalue weighted by Crippen LogP contribution is -2.20. The number of hydrogen-bond acceptors (Lipinski definition) is 1. The van der Waals surface area contributed by atoms with Gasteiger partial charge in [0.25, 0.3) is 0 Å². The zero-order chi connectivity index (χ0) is 7.49. The topological polar surface area (TPSA) is 23.8 Å². The molecule has 52 valence electrons. The van der Waals surface area contributed by atoms with Crippen LogP contribution in [0.5, 0.6) is 0 Å². The summed E-state index contributed by atoms with van der Waals surface area (Å²) < 4.78 is 12.8. The normalized spacial score (nSPS) is 14.6. The molecule has 0 bridgehead atoms. The van der Waals surface area contributed by atoms with Gasteiger partial charge in [-0.05, 0) is 26.1 Å². The Morgan fingerprint density at radius 3 is 2.22 bits per heavy atom. The van der Waals surface area contributed by atoms with Crippen LogP contribution in [0.25, 0.3) is 0 Å². The smallest absolute Gasteiger partial charge is 0.242 e. The molecule has 0 fully saturated rings. The molecule has 0 aliphatic carbocycles. The number of rotatable bonds is 2. The van der Waals surface area contributed by atoms with Gasteiger partial charge >= 0.3 is 0 Å². The molecule has 0 radical (unpaired) electrons. The second-order valence-corrected chi connectivity index (χ2v) is 6.80. The summed E-state index contributed by atoms with van der Waals surface area (Å²) in [6, 6.07) is 2.48. The zero-order valence-electron chi connectivity index (χ0n) is 6.11. The third kappa shape index (κ3) is 5.51. The molecule has 0 spiro atoms. The summed E-state index contributed by atoms with van der Waals surface area (Å²) in [5.41, 5.74) is 0. The van der Waals surface area contributed by atoms with Gasteiger partial charge in [-0.2, -0.15) is 5.26 Å². The van der Waals surface area contributed by atoms with Crippen LogP contribution in [0.3, 0.4) is 0 Å². The van der Waals surface area contributed by atoms with Gasteiger partial charge in [0.05, 0.1) is 6.07 Å². The lowest BCUT2D eigenvalue weighted by molar-refractivity contribution is 0.725. The van der Waals surface area contributed by atoms with Gasteiger partial charge in [-0.25, -0.2) is 0 Å². The minimum Gasteiger partial charge on any atom is -0.314 e. The maximum absolute atomic E-state index is 12.8. The van der Waals surface area contributed by atoms with Crippen molar-refractivity contribution in [2.45, 2.75) is 26.1 Å². The first-order chi connectivity index (χ1) is 3.95. The van der Waals surface area contributed by atoms with Crippen LogP contribution in [0, 0.1) is 17.2 Å². The predicted octanol–water partition coefficient (Wildman–Crippen LogP) is 2.32. The van der Waals surface area contributed by atoms with Crippen LogP contribution in [0.15, 0.2) is 0 Å². The maximum Gasteiger partial charge on any atom is 0.242 e. The number of hydrogen-bond donors (Lipinski definition) is 0. The molecule has 9 heavy (non-hydrogen) atoms. The lowest BCUT2D eigenvalue weighted by atomic mass is 10.3. The Bertz CT molecular complexity index is 122. The third-order valence-corrected chi connectivity index (χ3v) is 2.60. The quantitative estimate of drug-likeness (QED) is 0.432. The van der Waals surface area contributed by atoms with E-state index in [9.17, 15) is 4.11 Å². The molecule has 0 aromatic heterocycles. The van der Waals surface area contributed by atoms with Crippen molar-refractivity contribution in [2.75, 3.05) is 0 Å². The average molecular weight is 145 g/mol. The van der Waals surface area contributed by atoms with E-state index in [-0.39, 0.29) is 5.92 Å². The van der Waals surface area contributed by atoms with Crippen molar-refractivity contribution in [2.24, 2.45) is 5.92 Å². The van der Waals surface area contributed by atoms with Crippen LogP contribution >= 0.6 is 0 Å². The summed E-state index contributed by atoms with van der Waals surface area (Å²) in [7, 11) is -2.46. The average Bonchev–Trinajstić information content (AvgIpc) is 1.62. The molecular formula is C6H12FNSi. The fraction of sp³-hybridized carbons (Fsp3) is 0.833. The van der Waals surface area contributed by atoms with Crippen LogP contribution < -0.4 is 0 Å². The number of nitrogens with zero attached hydrogens (tertiary/aromatic N) is 1. The van der Waals surface area contributed by atoms with Crippen LogP contribution in [-0.2, 0) is 0 Å². The Balaban J connectivity index is 3.63. The Labute approximate surface area is 56.7 Å². The summed E-state index contributed by atoms with van der Waals surface area (Å²) in [5, 5.41) is 8.30. The molecule has 0 heterocycles. The van der Waals surface area contributed by atoms with E-state index in [0.717, 1.165) is 0 Å². The molecule has 0 aliphatic rings. The number of halogens is 1. The lowest BCUT2D eigenvalue weighted by Gasteiger charge is -2.10. The summed E-state index contributed by atoms with van der Waals surface area (Å²) in [6.07, 6.45) is 0. The first-order valence-corrected chi connectivity index (χ1v) is 6.13. The molecule has 0 saturated heterocycles. The number of nitriles is 1. The van der Waals surface area contributed by atoms with Crippen LogP contribution in [-0.4, -0.2) is 8.41 Å². The van der Waals surface area contributed by atoms with E-state index in [4.69, 9.17) is 5.26 Å². The van der Waals surface area contributed by atoms with Gasteiger partial charge in [-0.3, -0.25) is 0 Å². The second kappa shape index (κ2) is 2.97. The molecule has 1 unspecified atom stereocenters. The fourth-order valence-electron chi connectivity index (χ4n) is 0.774. The van der Waals surface area contributed by atoms with Gasteiger partial charge in [0.15, 0.2) is 0 Å². The highest BCUT2D eigenvalue weighted by Gasteiger charge is 2.22. The Kier molecular flexibility index (Phi) is 2.85. The molecule has 0 N–H and O–H groups in total. The summed E-state index contributed by atoms with van der Waals surface area (Å²) in [4.78, 5) is 0. The van der Waals surface area contributed by atoms with Gasteiger partial charge in [0, 0.05) is 5.92 Å². The van der Waals surface area contributed by atoms with Crippen molar-refractivity contribution < 1.29 is 4.11 Å². The molecule has 1 atom stereocenters. The standard InChI is InChI=1S/C6H12FNSi/c1-6(4-8)5-9(2,3)7/h6H,5H2,1-3H3. The Morgan fingerprint density at radius 2 is 2.11 bits per heavy atom. The van der Waals surface area contributed by atoms with Gasteiger partial charge < -0.3 is 4.11 Å². The second-order valence-electron chi connectivity index (χ2n) is 2.95. The summed E-state index contributed by atoms with van der Waals surface area (Å²) in [6.45, 7) is 5.01. The molecule has 0 saturated carbocycles. The summed E-state index contributed by atoms with van der Waals surface area (Å²) in [5.74, 6) is -0.114. The third-order valence-electron chi connectivity index (χ3n) is 1.01. The van der Waals surface area contributed by atoms with Crippen molar-refractivity contribution in [1.29, 1.82) is 5.26 Å². The highest BCUT2D eigenvalue weighted by molar-refractivity contribution is 6.70. The van der Waals surface area contributed by atoms with Crippen molar-refractivity contribution >= 4 is 8.41 Å². The van der Waals surface area contributed by atoms with E-state index in [0.29, 0.717) is 6.04 Å². The molecule has 1 nitrogen and oxygen atoms in total. The predicted molar refractivity (Wildman–Crippen MR) is 38.2 cm³/mol. The molecule has 3 heteroatoms. The van der Waals surface area contributed by atoms with Crippen molar-refractivity contribution in [3.05, 3.63) is 0 Å². The van der Waals surface area contributed by atoms with Crippen LogP contribution in [0.1, 0.15) is 6.92 Å². The molecule has 0 aliphatic heterocycles. The largest absolute Gasteiger partial charge is 0.314 e. The van der Waals surface area contributed by atoms with Crippen LogP contribution in [0.4, 0.5) is 4.11 Å². The Morgan fingerprint density at radius 1 is 1.67 bits per heavy atom. The highest BCUT2D eigenvalue weighted by atomic mass is 28.4. The first-order valence-electron chi connectivity index (χ1n) is 3.04. The van der Waals surface area contributed by atoms with E-state index in [2.05, 4.69) is 0 Å². The van der Waals surface area contributed by atoms with E-state index in [1.54, 1.807) is 20.0 Å². The monoisotopic (exact) mass is 145 g/mol. The zero-order valence-corrected chi connectivity index (χ0v) is 7.11. The SMILES string of the molecule is CC(C#N)C[Si](C)(C)F. The Hall–Kier alpha value is -0.363. The molecule has 0 aromatic rings. The van der Waals surface area contributed by atoms with Gasteiger partial charge in [-0.1, -0.05) is 0 Å². The minimum absolute atomic E-state index is 0.114. The maximum atomic E-state index is 12.8. The molecular weight excluding hydrogens is 133 g/mol. The van der Waals surface area contributed by atoms with Gasteiger partial charge in [0.2, 0.25) is 8.41 Å². The molecule has 0 amide bonds. The van der Waals surface area contributed by atoms with E-state index in [1.165, 1.54) is 0 Å². The summed E-state index contributed by atoms with van der Waals surface area (Å²) >= 11 is 0. The fourth-order valence-corrected chi connectivity index (χ4v) is 2.32. The van der Waals surface area contributed by atoms with Crippen molar-refractivity contribution in [3.63, 3.8) is 0 Å². The van der Waals surface area contributed by atoms with E-state index >= 15 is 0 Å². The van der Waals surface area contributed by atoms with Crippen molar-refractivity contribution in [3.8, 4) is 6.07 Å². The van der Waals surface area contributed by atoms with Crippen molar-refractivity contribution in [1.82, 2.24) is 0 Å². The van der Waals surface area contributed by atoms with Gasteiger partial charge in [-0.15, -0.1) is 0 Å². The minimum atomic E-state index is -2.46. The molecule has 0 rings (SSSR count). The van der Waals surface area contributed by atoms with E-state index < -0.39 is 8.41 Å².